The molecule has 7 aliphatic heterocycles. The molecule has 0 radical (unpaired) electrons. The third-order valence-corrected chi connectivity index (χ3v) is 18.5. The fourth-order valence-corrected chi connectivity index (χ4v) is 15.6. The van der Waals surface area contributed by atoms with Gasteiger partial charge in [-0.05, 0) is 135 Å². The summed E-state index contributed by atoms with van der Waals surface area (Å²) in [5, 5.41) is 33.8. The van der Waals surface area contributed by atoms with Gasteiger partial charge in [-0.25, -0.2) is 0 Å². The van der Waals surface area contributed by atoms with Crippen molar-refractivity contribution in [2.24, 2.45) is 47.3 Å². The maximum atomic E-state index is 4.26. The number of nitrogens with zero attached hydrogens (tertiary/aromatic N) is 2. The molecule has 6 saturated heterocycles. The molecule has 0 amide bonds. The summed E-state index contributed by atoms with van der Waals surface area (Å²) in [5.41, 5.74) is 5.90. The van der Waals surface area contributed by atoms with Crippen molar-refractivity contribution in [1.82, 2.24) is 47.4 Å². The van der Waals surface area contributed by atoms with Gasteiger partial charge in [-0.15, -0.1) is 0 Å². The van der Waals surface area contributed by atoms with Crippen LogP contribution in [0.4, 0.5) is 5.69 Å². The number of fused-ring (bicyclic) bond motifs is 25. The predicted octanol–water partition coefficient (Wildman–Crippen LogP) is 5.69. The molecule has 2 aromatic rings. The molecule has 7 heterocycles. The van der Waals surface area contributed by atoms with Crippen LogP contribution in [0, 0.1) is 47.3 Å². The first-order valence-corrected chi connectivity index (χ1v) is 25.3. The minimum absolute atomic E-state index is 0.420. The lowest BCUT2D eigenvalue weighted by molar-refractivity contribution is 0.167. The van der Waals surface area contributed by atoms with E-state index in [-0.39, 0.29) is 0 Å². The second kappa shape index (κ2) is 16.8. The third kappa shape index (κ3) is 7.20. The van der Waals surface area contributed by atoms with Crippen LogP contribution in [0.1, 0.15) is 125 Å². The number of nitrogens with one attached hydrogen (secondary N) is 8. The van der Waals surface area contributed by atoms with Gasteiger partial charge >= 0.3 is 0 Å². The smallest absolute Gasteiger partial charge is 0.0672 e. The van der Waals surface area contributed by atoms with Gasteiger partial charge in [-0.3, -0.25) is 42.5 Å². The summed E-state index contributed by atoms with van der Waals surface area (Å²) in [5.74, 6) is 5.97. The number of piperazine rings is 1. The molecule has 9 unspecified atom stereocenters. The molecule has 8 N–H and O–H groups in total. The monoisotopic (exact) mass is 817 g/mol. The van der Waals surface area contributed by atoms with Crippen LogP contribution in [-0.4, -0.2) is 80.9 Å². The van der Waals surface area contributed by atoms with Crippen LogP contribution in [-0.2, 0) is 6.42 Å². The minimum Gasteiger partial charge on any atom is -0.362 e. The van der Waals surface area contributed by atoms with Crippen LogP contribution in [0.5, 0.6) is 0 Å². The molecule has 11 aliphatic rings. The second-order valence-corrected chi connectivity index (χ2v) is 21.6. The fourth-order valence-electron chi connectivity index (χ4n) is 15.6. The van der Waals surface area contributed by atoms with Crippen molar-refractivity contribution in [3.05, 3.63) is 65.2 Å². The van der Waals surface area contributed by atoms with E-state index in [0.717, 1.165) is 73.4 Å². The van der Waals surface area contributed by atoms with Crippen LogP contribution in [0.15, 0.2) is 48.5 Å². The van der Waals surface area contributed by atoms with E-state index in [2.05, 4.69) is 108 Å². The zero-order valence-corrected chi connectivity index (χ0v) is 36.5. The average molecular weight is 817 g/mol. The zero-order valence-electron chi connectivity index (χ0n) is 36.5. The van der Waals surface area contributed by atoms with Gasteiger partial charge < -0.3 is 9.80 Å². The maximum Gasteiger partial charge on any atom is 0.0672 e. The third-order valence-electron chi connectivity index (χ3n) is 18.5. The molecule has 10 fully saturated rings. The Morgan fingerprint density at radius 3 is 1.12 bits per heavy atom. The minimum atomic E-state index is 0.420. The molecule has 60 heavy (non-hydrogen) atoms. The van der Waals surface area contributed by atoms with Crippen molar-refractivity contribution in [2.75, 3.05) is 31.6 Å². The normalized spacial score (nSPS) is 45.6. The van der Waals surface area contributed by atoms with E-state index in [0.29, 0.717) is 55.4 Å². The Hall–Kier alpha value is -2.12. The Morgan fingerprint density at radius 2 is 0.733 bits per heavy atom. The molecule has 10 nitrogen and oxygen atoms in total. The Kier molecular flexibility index (Phi) is 11.0. The van der Waals surface area contributed by atoms with Gasteiger partial charge in [0.2, 0.25) is 0 Å². The lowest BCUT2D eigenvalue weighted by atomic mass is 9.76. The first kappa shape index (κ1) is 39.5. The molecule has 2 aromatic carbocycles. The highest BCUT2D eigenvalue weighted by molar-refractivity contribution is 5.60. The van der Waals surface area contributed by atoms with Crippen LogP contribution >= 0.6 is 0 Å². The Balaban J connectivity index is 0.000000162. The molecule has 0 aromatic heterocycles. The van der Waals surface area contributed by atoms with Crippen LogP contribution < -0.4 is 47.4 Å². The van der Waals surface area contributed by atoms with E-state index in [9.17, 15) is 0 Å². The molecule has 10 heteroatoms. The first-order valence-electron chi connectivity index (χ1n) is 25.3. The summed E-state index contributed by atoms with van der Waals surface area (Å²) in [4.78, 5) is 5.06. The number of rotatable bonds is 0. The number of likely N-dealkylation sites (N-methyl/N-ethyl adjacent to an activating group) is 1. The summed E-state index contributed by atoms with van der Waals surface area (Å²) < 4.78 is 0. The molecule has 13 rings (SSSR count). The van der Waals surface area contributed by atoms with E-state index in [1.54, 1.807) is 0 Å². The summed E-state index contributed by atoms with van der Waals surface area (Å²) >= 11 is 0. The van der Waals surface area contributed by atoms with Crippen LogP contribution in [0.2, 0.25) is 0 Å². The largest absolute Gasteiger partial charge is 0.362 e. The summed E-state index contributed by atoms with van der Waals surface area (Å²) in [6.45, 7) is 3.38. The van der Waals surface area contributed by atoms with Crippen molar-refractivity contribution >= 4 is 5.69 Å². The highest BCUT2D eigenvalue weighted by Crippen LogP contribution is 2.46. The second-order valence-electron chi connectivity index (χ2n) is 21.6. The highest BCUT2D eigenvalue weighted by Gasteiger charge is 2.54. The Bertz CT molecular complexity index is 1600. The van der Waals surface area contributed by atoms with E-state index >= 15 is 0 Å². The topological polar surface area (TPSA) is 103 Å². The average Bonchev–Trinajstić information content (AvgIpc) is 4.01. The molecule has 9 atom stereocenters. The van der Waals surface area contributed by atoms with Crippen LogP contribution in [0.25, 0.3) is 0 Å². The fraction of sp³-hybridized carbons (Fsp3) is 0.760. The summed E-state index contributed by atoms with van der Waals surface area (Å²) in [7, 11) is 2.23. The van der Waals surface area contributed by atoms with E-state index < -0.39 is 0 Å². The van der Waals surface area contributed by atoms with Crippen molar-refractivity contribution in [3.8, 4) is 0 Å². The Labute approximate surface area is 360 Å². The summed E-state index contributed by atoms with van der Waals surface area (Å²) in [6, 6.07) is 18.4. The number of hydrogen-bond acceptors (Lipinski definition) is 10. The standard InChI is InChI=1S/C32H56N8.C18H20N2/c1-2-10-18-17(9-1)25-33-26(18)38-28-21-13-5-6-14-22(21)30(35-28)40-32-24-16-8-7-15-23(24)31(36-32)39-29-20-12-4-3-11-19(20)27(34-29)37-25;1-19-10-11-20-17-9-5-3-7-15(17)12-14-6-2-4-8-16(14)18(20)13-19/h17-40H,1-16H2;2-9,18H,10-13H2,1H3. The quantitative estimate of drug-likeness (QED) is 0.170. The molecule has 8 bridgehead atoms. The highest BCUT2D eigenvalue weighted by atomic mass is 15.4. The van der Waals surface area contributed by atoms with Gasteiger partial charge in [0, 0.05) is 25.3 Å². The lowest BCUT2D eigenvalue weighted by Crippen LogP contribution is -2.61. The van der Waals surface area contributed by atoms with Crippen molar-refractivity contribution in [3.63, 3.8) is 0 Å². The maximum absolute atomic E-state index is 4.26. The molecular weight excluding hydrogens is 741 g/mol. The van der Waals surface area contributed by atoms with Gasteiger partial charge in [0.15, 0.2) is 0 Å². The lowest BCUT2D eigenvalue weighted by Gasteiger charge is -2.41. The molecule has 326 valence electrons. The summed E-state index contributed by atoms with van der Waals surface area (Å²) in [6.07, 6.45) is 26.6. The number of para-hydroxylation sites is 1. The van der Waals surface area contributed by atoms with Crippen molar-refractivity contribution in [1.29, 1.82) is 0 Å². The van der Waals surface area contributed by atoms with Gasteiger partial charge in [-0.2, -0.15) is 0 Å². The number of benzene rings is 2. The Morgan fingerprint density at radius 1 is 0.400 bits per heavy atom. The zero-order chi connectivity index (χ0) is 39.7. The van der Waals surface area contributed by atoms with E-state index in [1.165, 1.54) is 125 Å². The van der Waals surface area contributed by atoms with E-state index in [1.807, 2.05) is 0 Å². The SMILES string of the molecule is C1CCC2C3NC(NC4NC(NC5NC(NC6NC(N3)C3CCCCC63)C3CCCCC53)C3CCCCC43)C2C1.CN1CCN2c3ccccc3Cc3ccccc3C2C1. The molecule has 0 spiro atoms. The van der Waals surface area contributed by atoms with E-state index in [4.69, 9.17) is 0 Å². The number of hydrogen-bond donors (Lipinski definition) is 8. The molecule has 4 aliphatic carbocycles. The predicted molar refractivity (Wildman–Crippen MR) is 240 cm³/mol. The molecule has 4 saturated carbocycles. The van der Waals surface area contributed by atoms with Crippen molar-refractivity contribution < 1.29 is 0 Å². The first-order chi connectivity index (χ1) is 29.6. The van der Waals surface area contributed by atoms with Gasteiger partial charge in [-0.1, -0.05) is 93.8 Å². The van der Waals surface area contributed by atoms with Gasteiger partial charge in [0.25, 0.3) is 0 Å². The molecular formula is C50H76N10. The van der Waals surface area contributed by atoms with Crippen LogP contribution in [0.3, 0.4) is 0 Å². The van der Waals surface area contributed by atoms with Gasteiger partial charge in [0.05, 0.1) is 55.4 Å². The van der Waals surface area contributed by atoms with Gasteiger partial charge in [0.1, 0.15) is 0 Å². The van der Waals surface area contributed by atoms with Crippen molar-refractivity contribution in [2.45, 2.75) is 165 Å². The number of anilines is 1.